The summed E-state index contributed by atoms with van der Waals surface area (Å²) in [6.07, 6.45) is 1.87. The Kier molecular flexibility index (Phi) is 2.89. The number of rotatable bonds is 0. The first-order valence-corrected chi connectivity index (χ1v) is 5.98. The van der Waals surface area contributed by atoms with Crippen molar-refractivity contribution < 1.29 is 20.1 Å². The maximum Gasteiger partial charge on any atom is 0.0840 e. The molecule has 0 aliphatic rings. The van der Waals surface area contributed by atoms with Crippen molar-refractivity contribution in [2.75, 3.05) is 0 Å². The number of aromatic nitrogens is 2. The predicted molar refractivity (Wildman–Crippen MR) is 74.6 cm³/mol. The first-order chi connectivity index (χ1) is 8.86. The third-order valence-corrected chi connectivity index (χ3v) is 3.50. The number of hydrogen-bond donors (Lipinski definition) is 0. The van der Waals surface area contributed by atoms with Gasteiger partial charge in [-0.3, -0.25) is 4.98 Å². The van der Waals surface area contributed by atoms with E-state index in [0.29, 0.717) is 0 Å². The fraction of sp³-hybridized carbons (Fsp3) is 0.0625. The van der Waals surface area contributed by atoms with E-state index < -0.39 is 0 Å². The Balaban J connectivity index is 0.00000110. The molecule has 0 saturated heterocycles. The molecule has 1 heterocycles. The van der Waals surface area contributed by atoms with E-state index in [-0.39, 0.29) is 20.1 Å². The van der Waals surface area contributed by atoms with Crippen LogP contribution in [0.15, 0.2) is 48.8 Å². The minimum Gasteiger partial charge on any atom is -0.342 e. The summed E-state index contributed by atoms with van der Waals surface area (Å²) in [7, 11) is 2.04. The molecule has 1 radical (unpaired) electrons. The summed E-state index contributed by atoms with van der Waals surface area (Å²) in [6, 6.07) is 17.9. The molecule has 19 heavy (non-hydrogen) atoms. The third kappa shape index (κ3) is 1.62. The molecule has 0 spiro atoms. The van der Waals surface area contributed by atoms with Crippen molar-refractivity contribution >= 4 is 32.6 Å². The summed E-state index contributed by atoms with van der Waals surface area (Å²) in [5.41, 5.74) is 2.22. The van der Waals surface area contributed by atoms with Gasteiger partial charge in [0.05, 0.1) is 6.33 Å². The van der Waals surface area contributed by atoms with Gasteiger partial charge < -0.3 is 4.57 Å². The summed E-state index contributed by atoms with van der Waals surface area (Å²) >= 11 is 0. The van der Waals surface area contributed by atoms with Crippen LogP contribution < -0.4 is 0 Å². The van der Waals surface area contributed by atoms with Crippen molar-refractivity contribution in [3.63, 3.8) is 0 Å². The van der Waals surface area contributed by atoms with Crippen molar-refractivity contribution in [1.29, 1.82) is 0 Å². The zero-order valence-electron chi connectivity index (χ0n) is 10.3. The molecule has 4 rings (SSSR count). The maximum atomic E-state index is 4.53. The summed E-state index contributed by atoms with van der Waals surface area (Å²) in [5, 5.41) is 4.84. The van der Waals surface area contributed by atoms with Crippen LogP contribution in [0.25, 0.3) is 32.6 Å². The second-order valence-corrected chi connectivity index (χ2v) is 4.56. The van der Waals surface area contributed by atoms with Crippen LogP contribution in [0.5, 0.6) is 0 Å². The molecule has 0 aliphatic heterocycles. The van der Waals surface area contributed by atoms with Crippen LogP contribution in [0.2, 0.25) is 0 Å². The predicted octanol–water partition coefficient (Wildman–Crippen LogP) is 3.68. The Morgan fingerprint density at radius 2 is 1.74 bits per heavy atom. The van der Waals surface area contributed by atoms with Gasteiger partial charge >= 0.3 is 0 Å². The normalized spacial score (nSPS) is 11.0. The SMILES string of the molecule is Cn1cnc2c3[c-]cccc3c3ccccc3c21.[Ir]. The monoisotopic (exact) mass is 424 g/mol. The van der Waals surface area contributed by atoms with Crippen molar-refractivity contribution in [3.05, 3.63) is 54.9 Å². The summed E-state index contributed by atoms with van der Waals surface area (Å²) in [5.74, 6) is 0. The third-order valence-electron chi connectivity index (χ3n) is 3.50. The van der Waals surface area contributed by atoms with Crippen LogP contribution in [0.3, 0.4) is 0 Å². The van der Waals surface area contributed by atoms with Crippen molar-refractivity contribution in [2.24, 2.45) is 7.05 Å². The molecule has 0 bridgehead atoms. The second kappa shape index (κ2) is 4.44. The molecule has 0 aliphatic carbocycles. The van der Waals surface area contributed by atoms with Gasteiger partial charge in [0.2, 0.25) is 0 Å². The van der Waals surface area contributed by atoms with Gasteiger partial charge in [0.1, 0.15) is 0 Å². The number of benzene rings is 3. The maximum absolute atomic E-state index is 4.53. The molecule has 4 aromatic rings. The van der Waals surface area contributed by atoms with Gasteiger partial charge in [0.15, 0.2) is 0 Å². The summed E-state index contributed by atoms with van der Waals surface area (Å²) in [6.45, 7) is 0. The van der Waals surface area contributed by atoms with Gasteiger partial charge in [-0.1, -0.05) is 35.0 Å². The van der Waals surface area contributed by atoms with Crippen LogP contribution in [0.1, 0.15) is 0 Å². The second-order valence-electron chi connectivity index (χ2n) is 4.56. The summed E-state index contributed by atoms with van der Waals surface area (Å²) in [4.78, 5) is 4.53. The van der Waals surface area contributed by atoms with Crippen LogP contribution in [0, 0.1) is 6.07 Å². The molecule has 0 amide bonds. The molecule has 0 N–H and O–H groups in total. The minimum absolute atomic E-state index is 0. The number of fused-ring (bicyclic) bond motifs is 6. The van der Waals surface area contributed by atoms with Crippen LogP contribution in [-0.4, -0.2) is 9.55 Å². The zero-order chi connectivity index (χ0) is 12.1. The number of aryl methyl sites for hydroxylation is 1. The van der Waals surface area contributed by atoms with Crippen LogP contribution in [-0.2, 0) is 27.2 Å². The average Bonchev–Trinajstić information content (AvgIpc) is 2.82. The van der Waals surface area contributed by atoms with E-state index in [1.807, 2.05) is 25.5 Å². The first-order valence-electron chi connectivity index (χ1n) is 5.98. The van der Waals surface area contributed by atoms with Gasteiger partial charge in [0.25, 0.3) is 0 Å². The standard InChI is InChI=1S/C16H11N2.Ir/c1-18-10-17-15-13-8-4-2-6-11(13)12-7-3-5-9-14(12)16(15)18;/h2-7,9-10H,1H3;/q-1;. The van der Waals surface area contributed by atoms with E-state index >= 15 is 0 Å². The van der Waals surface area contributed by atoms with Crippen molar-refractivity contribution in [3.8, 4) is 0 Å². The topological polar surface area (TPSA) is 17.8 Å². The Labute approximate surface area is 124 Å². The smallest absolute Gasteiger partial charge is 0.0840 e. The van der Waals surface area contributed by atoms with E-state index in [1.54, 1.807) is 0 Å². The molecule has 2 nitrogen and oxygen atoms in total. The molecule has 0 unspecified atom stereocenters. The quantitative estimate of drug-likeness (QED) is 0.312. The number of hydrogen-bond acceptors (Lipinski definition) is 1. The zero-order valence-corrected chi connectivity index (χ0v) is 12.7. The number of imidazole rings is 1. The van der Waals surface area contributed by atoms with Crippen LogP contribution in [0.4, 0.5) is 0 Å². The Morgan fingerprint density at radius 3 is 2.58 bits per heavy atom. The molecule has 0 atom stereocenters. The fourth-order valence-electron chi connectivity index (χ4n) is 2.71. The Morgan fingerprint density at radius 1 is 1.00 bits per heavy atom. The largest absolute Gasteiger partial charge is 0.342 e. The van der Waals surface area contributed by atoms with E-state index in [0.717, 1.165) is 10.9 Å². The van der Waals surface area contributed by atoms with Gasteiger partial charge in [-0.2, -0.15) is 0 Å². The van der Waals surface area contributed by atoms with Gasteiger partial charge in [-0.05, 0) is 5.39 Å². The molecule has 0 saturated carbocycles. The first kappa shape index (κ1) is 12.3. The molecular formula is C16H11IrN2-. The Bertz CT molecular complexity index is 893. The average molecular weight is 423 g/mol. The molecule has 3 aromatic carbocycles. The van der Waals surface area contributed by atoms with E-state index in [2.05, 4.69) is 45.9 Å². The fourth-order valence-corrected chi connectivity index (χ4v) is 2.71. The Hall–Kier alpha value is -1.70. The van der Waals surface area contributed by atoms with Crippen molar-refractivity contribution in [1.82, 2.24) is 9.55 Å². The van der Waals surface area contributed by atoms with Gasteiger partial charge in [0, 0.05) is 38.2 Å². The van der Waals surface area contributed by atoms with Gasteiger partial charge in [-0.15, -0.1) is 29.7 Å². The molecule has 3 heteroatoms. The van der Waals surface area contributed by atoms with E-state index in [1.165, 1.54) is 21.7 Å². The van der Waals surface area contributed by atoms with Gasteiger partial charge in [-0.25, -0.2) is 0 Å². The van der Waals surface area contributed by atoms with E-state index in [9.17, 15) is 0 Å². The number of nitrogens with zero attached hydrogens (tertiary/aromatic N) is 2. The van der Waals surface area contributed by atoms with Crippen LogP contribution >= 0.6 is 0 Å². The molecular weight excluding hydrogens is 412 g/mol. The molecule has 1 aromatic heterocycles. The van der Waals surface area contributed by atoms with Crippen molar-refractivity contribution in [2.45, 2.75) is 0 Å². The molecule has 0 fully saturated rings. The minimum atomic E-state index is 0. The molecule has 95 valence electrons. The summed E-state index contributed by atoms with van der Waals surface area (Å²) < 4.78 is 2.08. The van der Waals surface area contributed by atoms with E-state index in [4.69, 9.17) is 0 Å².